The minimum Gasteiger partial charge on any atom is -0.512 e. The molecule has 317 valence electrons. The quantitative estimate of drug-likeness (QED) is 0.0956. The summed E-state index contributed by atoms with van der Waals surface area (Å²) in [6, 6.07) is 5.48. The van der Waals surface area contributed by atoms with E-state index in [9.17, 15) is 11.3 Å². The molecule has 2 heterocycles. The molecule has 1 N–H and O–H groups in total. The van der Waals surface area contributed by atoms with Crippen LogP contribution in [0, 0.1) is 46.4 Å². The van der Waals surface area contributed by atoms with Crippen LogP contribution in [0.15, 0.2) is 64.8 Å². The number of carbonyl (C=O) groups is 1. The first-order valence-electron chi connectivity index (χ1n) is 23.3. The number of hydrogen-bond acceptors (Lipinski definition) is 4. The maximum absolute atomic E-state index is 15.8. The van der Waals surface area contributed by atoms with Crippen molar-refractivity contribution in [2.45, 2.75) is 147 Å². The molecule has 0 spiro atoms. The number of aromatic nitrogens is 1. The largest absolute Gasteiger partial charge is 0.512 e. The van der Waals surface area contributed by atoms with E-state index < -0.39 is 16.6 Å². The summed E-state index contributed by atoms with van der Waals surface area (Å²) in [5, 5.41) is 12.5. The second kappa shape index (κ2) is 16.6. The first-order chi connectivity index (χ1) is 28.3. The van der Waals surface area contributed by atoms with Crippen molar-refractivity contribution >= 4 is 38.5 Å². The normalized spacial score (nSPS) is 17.1. The van der Waals surface area contributed by atoms with Crippen LogP contribution in [-0.4, -0.2) is 15.9 Å². The van der Waals surface area contributed by atoms with Gasteiger partial charge in [0.2, 0.25) is 0 Å². The second-order valence-electron chi connectivity index (χ2n) is 20.5. The van der Waals surface area contributed by atoms with E-state index in [0.29, 0.717) is 22.2 Å². The molecular weight excluding hydrogens is 898 g/mol. The Morgan fingerprint density at radius 3 is 1.98 bits per heavy atom. The van der Waals surface area contributed by atoms with Crippen LogP contribution in [0.5, 0.6) is 0 Å². The van der Waals surface area contributed by atoms with E-state index in [0.717, 1.165) is 29.4 Å². The molecule has 2 aromatic heterocycles. The van der Waals surface area contributed by atoms with Gasteiger partial charge in [0.15, 0.2) is 17.2 Å². The zero-order chi connectivity index (χ0) is 47.1. The van der Waals surface area contributed by atoms with E-state index in [1.54, 1.807) is 12.3 Å². The first-order valence-corrected chi connectivity index (χ1v) is 20.8. The van der Waals surface area contributed by atoms with Gasteiger partial charge in [-0.05, 0) is 76.0 Å². The van der Waals surface area contributed by atoms with Gasteiger partial charge in [-0.1, -0.05) is 147 Å². The molecule has 0 saturated carbocycles. The number of ketones is 1. The van der Waals surface area contributed by atoms with Gasteiger partial charge >= 0.3 is 0 Å². The fourth-order valence-electron chi connectivity index (χ4n) is 8.69. The van der Waals surface area contributed by atoms with Crippen LogP contribution in [0.1, 0.15) is 154 Å². The predicted octanol–water partition coefficient (Wildman–Crippen LogP) is 15.0. The van der Waals surface area contributed by atoms with Gasteiger partial charge in [-0.2, -0.15) is 0 Å². The molecule has 4 nitrogen and oxygen atoms in total. The number of halogens is 1. The summed E-state index contributed by atoms with van der Waals surface area (Å²) in [5.41, 5.74) is 1.68. The predicted molar refractivity (Wildman–Crippen MR) is 239 cm³/mol. The zero-order valence-electron chi connectivity index (χ0n) is 43.0. The van der Waals surface area contributed by atoms with Crippen LogP contribution < -0.4 is 0 Å². The topological polar surface area (TPSA) is 63.3 Å². The third-order valence-electron chi connectivity index (χ3n) is 14.0. The van der Waals surface area contributed by atoms with Crippen LogP contribution in [0.25, 0.3) is 44.0 Å². The summed E-state index contributed by atoms with van der Waals surface area (Å²) in [4.78, 5) is 17.4. The van der Waals surface area contributed by atoms with Gasteiger partial charge in [-0.15, -0.1) is 29.1 Å². The number of pyridine rings is 1. The van der Waals surface area contributed by atoms with Crippen molar-refractivity contribution in [3.63, 3.8) is 0 Å². The van der Waals surface area contributed by atoms with Crippen molar-refractivity contribution in [1.29, 1.82) is 0 Å². The molecule has 0 amide bonds. The standard InChI is InChI=1S/C33H33FNO.C19H36O2.Ir/c1-31(2,3)23-17-20(16-19-10-8-9-11-21(19)23)28-29-22(12-15-35-28)26-27-24(18-25(34)30(26)36-29)32(4,5)13-14-33(27,6)7;1-12(2)18(9,13(3)4)16(20)11-17(21)19(10,14(5)6)15(7)8;/h8-12,15,17-18H,13-14H2,1-7H3;11-15,20H,1-10H3;/q-1;;/b;16-11-;/i8D,9D,10D,11D,17D;;. The van der Waals surface area contributed by atoms with Gasteiger partial charge in [-0.25, -0.2) is 4.39 Å². The molecule has 1 aliphatic rings. The number of nitrogens with zero attached hydrogens (tertiary/aromatic N) is 1. The van der Waals surface area contributed by atoms with Crippen molar-refractivity contribution in [3.8, 4) is 11.3 Å². The second-order valence-corrected chi connectivity index (χ2v) is 20.5. The molecule has 6 heteroatoms. The maximum atomic E-state index is 15.8. The van der Waals surface area contributed by atoms with E-state index in [2.05, 4.69) is 94.1 Å². The third kappa shape index (κ3) is 8.23. The summed E-state index contributed by atoms with van der Waals surface area (Å²) >= 11 is 0. The fourth-order valence-corrected chi connectivity index (χ4v) is 8.69. The van der Waals surface area contributed by atoms with Crippen molar-refractivity contribution in [2.75, 3.05) is 0 Å². The van der Waals surface area contributed by atoms with E-state index in [1.807, 2.05) is 40.7 Å². The van der Waals surface area contributed by atoms with Crippen molar-refractivity contribution in [3.05, 3.63) is 89.0 Å². The van der Waals surface area contributed by atoms with E-state index >= 15 is 4.39 Å². The molecule has 5 aromatic rings. The van der Waals surface area contributed by atoms with Crippen LogP contribution in [0.3, 0.4) is 0 Å². The molecule has 0 fully saturated rings. The molecule has 6 rings (SSSR count). The third-order valence-corrected chi connectivity index (χ3v) is 14.0. The van der Waals surface area contributed by atoms with Gasteiger partial charge in [0, 0.05) is 62.4 Å². The Morgan fingerprint density at radius 2 is 1.43 bits per heavy atom. The number of carbonyl (C=O) groups excluding carboxylic acids is 1. The summed E-state index contributed by atoms with van der Waals surface area (Å²) in [6.07, 6.45) is 5.01. The van der Waals surface area contributed by atoms with Gasteiger partial charge in [0.1, 0.15) is 11.3 Å². The van der Waals surface area contributed by atoms with Crippen LogP contribution >= 0.6 is 0 Å². The Balaban J connectivity index is 0.000000339. The van der Waals surface area contributed by atoms with Crippen LogP contribution in [0.2, 0.25) is 0 Å². The number of furan rings is 1. The van der Waals surface area contributed by atoms with Crippen molar-refractivity contribution in [1.82, 2.24) is 4.98 Å². The average molecular weight is 972 g/mol. The summed E-state index contributed by atoms with van der Waals surface area (Å²) in [5.74, 6) is 0.834. The average Bonchev–Trinajstić information content (AvgIpc) is 3.57. The monoisotopic (exact) mass is 973 g/mol. The SMILES string of the molecule is CC(C)C(C)(C(=O)/C=C(\O)C(C)(C(C)C)C(C)C)C(C)C.[2H]c1c([2H])c([2H])c2c(C(C)(C)C)c([2H])c(-c3nccc4c3oc3c(F)cc5c(c34)C(C)(C)CCC5(C)C)[c-]c2c1[2H].[Ir]. The number of allylic oxidation sites excluding steroid dienone is 2. The summed E-state index contributed by atoms with van der Waals surface area (Å²) in [6.45, 7) is 35.1. The Morgan fingerprint density at radius 1 is 0.879 bits per heavy atom. The Labute approximate surface area is 369 Å². The number of fused-ring (bicyclic) bond motifs is 6. The summed E-state index contributed by atoms with van der Waals surface area (Å²) < 4.78 is 65.2. The first kappa shape index (κ1) is 40.1. The molecular formula is C52H69FIrNO3-. The number of benzene rings is 3. The van der Waals surface area contributed by atoms with Gasteiger partial charge in [0.05, 0.1) is 4.11 Å². The van der Waals surface area contributed by atoms with Crippen LogP contribution in [0.4, 0.5) is 4.39 Å². The minimum absolute atomic E-state index is 0. The smallest absolute Gasteiger partial charge is 0.170 e. The maximum Gasteiger partial charge on any atom is 0.170 e. The molecule has 3 aromatic carbocycles. The van der Waals surface area contributed by atoms with Gasteiger partial charge < -0.3 is 9.52 Å². The Kier molecular flexibility index (Phi) is 11.5. The Hall–Kier alpha value is -3.34. The minimum atomic E-state index is -0.639. The van der Waals surface area contributed by atoms with Gasteiger partial charge in [0.25, 0.3) is 0 Å². The molecule has 0 bridgehead atoms. The molecule has 58 heavy (non-hydrogen) atoms. The summed E-state index contributed by atoms with van der Waals surface area (Å²) in [7, 11) is 0. The molecule has 0 aliphatic heterocycles. The van der Waals surface area contributed by atoms with Crippen LogP contribution in [-0.2, 0) is 41.1 Å². The molecule has 0 atom stereocenters. The van der Waals surface area contributed by atoms with Crippen molar-refractivity contribution in [2.24, 2.45) is 34.5 Å². The number of aliphatic hydroxyl groups is 1. The number of aliphatic hydroxyl groups excluding tert-OH is 1. The molecule has 0 saturated heterocycles. The molecule has 1 aliphatic carbocycles. The van der Waals surface area contributed by atoms with E-state index in [-0.39, 0.29) is 124 Å². The van der Waals surface area contributed by atoms with Gasteiger partial charge in [-0.3, -0.25) is 9.78 Å². The van der Waals surface area contributed by atoms with E-state index in [1.165, 1.54) is 6.08 Å². The zero-order valence-corrected chi connectivity index (χ0v) is 40.4. The van der Waals surface area contributed by atoms with Crippen molar-refractivity contribution < 1.29 is 45.7 Å². The number of rotatable bonds is 8. The van der Waals surface area contributed by atoms with E-state index in [4.69, 9.17) is 9.90 Å². The molecule has 1 radical (unpaired) electrons. The Bertz CT molecular complexity index is 2600. The fraction of sp³-hybridized carbons (Fsp3) is 0.538. The molecule has 0 unspecified atom stereocenters. The number of hydrogen-bond donors (Lipinski definition) is 1.